The molecule has 0 aliphatic carbocycles. The summed E-state index contributed by atoms with van der Waals surface area (Å²) in [6.45, 7) is 5.94. The molecule has 1 nitrogen and oxygen atoms in total. The van der Waals surface area contributed by atoms with Crippen molar-refractivity contribution in [2.24, 2.45) is 11.8 Å². The van der Waals surface area contributed by atoms with E-state index in [9.17, 15) is 8.78 Å². The van der Waals surface area contributed by atoms with E-state index >= 15 is 0 Å². The fourth-order valence-electron chi connectivity index (χ4n) is 2.73. The van der Waals surface area contributed by atoms with Gasteiger partial charge in [-0.15, -0.1) is 11.6 Å². The van der Waals surface area contributed by atoms with Crippen LogP contribution in [0.5, 0.6) is 0 Å². The van der Waals surface area contributed by atoms with Crippen LogP contribution in [0.4, 0.5) is 8.78 Å². The molecule has 0 bridgehead atoms. The van der Waals surface area contributed by atoms with Crippen LogP contribution in [-0.4, -0.2) is 12.2 Å². The summed E-state index contributed by atoms with van der Waals surface area (Å²) in [7, 11) is 0. The third kappa shape index (κ3) is 2.39. The Morgan fingerprint density at radius 1 is 1.17 bits per heavy atom. The van der Waals surface area contributed by atoms with Crippen LogP contribution in [0, 0.1) is 23.5 Å². The maximum atomic E-state index is 13.7. The summed E-state index contributed by atoms with van der Waals surface area (Å²) in [5, 5.41) is -0.573. The zero-order valence-electron chi connectivity index (χ0n) is 10.7. The molecule has 0 spiro atoms. The predicted octanol–water partition coefficient (Wildman–Crippen LogP) is 4.30. The van der Waals surface area contributed by atoms with Gasteiger partial charge in [-0.3, -0.25) is 0 Å². The van der Waals surface area contributed by atoms with E-state index in [4.69, 9.17) is 16.3 Å². The normalized spacial score (nSPS) is 33.7. The Morgan fingerprint density at radius 2 is 1.83 bits per heavy atom. The fourth-order valence-corrected chi connectivity index (χ4v) is 3.33. The SMILES string of the molecule is CC1OC(C)C(C(Cl)c2cc(F)ccc2F)C1C. The third-order valence-electron chi connectivity index (χ3n) is 3.91. The zero-order chi connectivity index (χ0) is 13.4. The molecule has 0 saturated carbocycles. The van der Waals surface area contributed by atoms with Crippen molar-refractivity contribution < 1.29 is 13.5 Å². The maximum absolute atomic E-state index is 13.7. The Balaban J connectivity index is 2.30. The molecule has 5 atom stereocenters. The highest BCUT2D eigenvalue weighted by Gasteiger charge is 2.42. The summed E-state index contributed by atoms with van der Waals surface area (Å²) >= 11 is 6.36. The Bertz CT molecular complexity index is 438. The van der Waals surface area contributed by atoms with Crippen LogP contribution in [-0.2, 0) is 4.74 Å². The van der Waals surface area contributed by atoms with E-state index in [0.29, 0.717) is 0 Å². The molecule has 1 heterocycles. The third-order valence-corrected chi connectivity index (χ3v) is 4.44. The van der Waals surface area contributed by atoms with Crippen molar-refractivity contribution in [3.63, 3.8) is 0 Å². The summed E-state index contributed by atoms with van der Waals surface area (Å²) in [5.41, 5.74) is 0.220. The van der Waals surface area contributed by atoms with Crippen LogP contribution in [0.3, 0.4) is 0 Å². The number of benzene rings is 1. The lowest BCUT2D eigenvalue weighted by atomic mass is 9.84. The summed E-state index contributed by atoms with van der Waals surface area (Å²) in [5.74, 6) is -0.734. The van der Waals surface area contributed by atoms with Gasteiger partial charge in [-0.05, 0) is 38.0 Å². The first kappa shape index (κ1) is 13.8. The molecule has 4 heteroatoms. The minimum Gasteiger partial charge on any atom is -0.375 e. The van der Waals surface area contributed by atoms with Gasteiger partial charge in [0.25, 0.3) is 0 Å². The van der Waals surface area contributed by atoms with Crippen LogP contribution in [0.15, 0.2) is 18.2 Å². The molecule has 1 aliphatic rings. The maximum Gasteiger partial charge on any atom is 0.128 e. The first-order valence-corrected chi connectivity index (χ1v) is 6.60. The average Bonchev–Trinajstić information content (AvgIpc) is 2.56. The summed E-state index contributed by atoms with van der Waals surface area (Å²) < 4.78 is 32.6. The number of alkyl halides is 1. The van der Waals surface area contributed by atoms with E-state index in [1.807, 2.05) is 20.8 Å². The highest BCUT2D eigenvalue weighted by molar-refractivity contribution is 6.21. The second-order valence-corrected chi connectivity index (χ2v) is 5.52. The van der Waals surface area contributed by atoms with Crippen LogP contribution < -0.4 is 0 Å². The predicted molar refractivity (Wildman–Crippen MR) is 67.6 cm³/mol. The Hall–Kier alpha value is -0.670. The molecule has 18 heavy (non-hydrogen) atoms. The smallest absolute Gasteiger partial charge is 0.128 e. The minimum atomic E-state index is -0.573. The molecular weight excluding hydrogens is 258 g/mol. The lowest BCUT2D eigenvalue weighted by molar-refractivity contribution is 0.0507. The standard InChI is InChI=1S/C14H17ClF2O/c1-7-8(2)18-9(3)13(7)14(15)11-6-10(16)4-5-12(11)17/h4-9,13-14H,1-3H3. The van der Waals surface area contributed by atoms with Crippen LogP contribution in [0.2, 0.25) is 0 Å². The van der Waals surface area contributed by atoms with Gasteiger partial charge >= 0.3 is 0 Å². The van der Waals surface area contributed by atoms with Crippen molar-refractivity contribution in [3.8, 4) is 0 Å². The van der Waals surface area contributed by atoms with Gasteiger partial charge in [-0.2, -0.15) is 0 Å². The fraction of sp³-hybridized carbons (Fsp3) is 0.571. The van der Waals surface area contributed by atoms with Gasteiger partial charge in [-0.1, -0.05) is 6.92 Å². The number of hydrogen-bond donors (Lipinski definition) is 0. The van der Waals surface area contributed by atoms with Crippen molar-refractivity contribution in [1.29, 1.82) is 0 Å². The van der Waals surface area contributed by atoms with E-state index < -0.39 is 17.0 Å². The summed E-state index contributed by atoms with van der Waals surface area (Å²) in [6, 6.07) is 3.40. The molecule has 0 aromatic heterocycles. The van der Waals surface area contributed by atoms with Gasteiger partial charge in [-0.25, -0.2) is 8.78 Å². The largest absolute Gasteiger partial charge is 0.375 e. The second-order valence-electron chi connectivity index (χ2n) is 5.05. The van der Waals surface area contributed by atoms with E-state index in [1.165, 1.54) is 6.07 Å². The molecule has 2 rings (SSSR count). The molecule has 100 valence electrons. The second kappa shape index (κ2) is 5.14. The molecule has 5 unspecified atom stereocenters. The van der Waals surface area contributed by atoms with E-state index in [1.54, 1.807) is 0 Å². The van der Waals surface area contributed by atoms with Crippen molar-refractivity contribution in [3.05, 3.63) is 35.4 Å². The topological polar surface area (TPSA) is 9.23 Å². The van der Waals surface area contributed by atoms with Crippen molar-refractivity contribution in [2.45, 2.75) is 38.4 Å². The Kier molecular flexibility index (Phi) is 3.93. The van der Waals surface area contributed by atoms with Gasteiger partial charge < -0.3 is 4.74 Å². The quantitative estimate of drug-likeness (QED) is 0.731. The molecule has 0 radical (unpaired) electrons. The van der Waals surface area contributed by atoms with Crippen molar-refractivity contribution >= 4 is 11.6 Å². The highest BCUT2D eigenvalue weighted by Crippen LogP contribution is 2.44. The molecule has 1 aromatic carbocycles. The first-order chi connectivity index (χ1) is 8.41. The molecule has 1 saturated heterocycles. The van der Waals surface area contributed by atoms with E-state index in [0.717, 1.165) is 12.1 Å². The van der Waals surface area contributed by atoms with Crippen molar-refractivity contribution in [1.82, 2.24) is 0 Å². The molecule has 0 N–H and O–H groups in total. The van der Waals surface area contributed by atoms with Gasteiger partial charge in [0.1, 0.15) is 11.6 Å². The van der Waals surface area contributed by atoms with Crippen LogP contribution in [0.1, 0.15) is 31.7 Å². The Morgan fingerprint density at radius 3 is 2.39 bits per heavy atom. The average molecular weight is 275 g/mol. The van der Waals surface area contributed by atoms with Gasteiger partial charge in [0.2, 0.25) is 0 Å². The van der Waals surface area contributed by atoms with Gasteiger partial charge in [0.15, 0.2) is 0 Å². The molecule has 1 fully saturated rings. The van der Waals surface area contributed by atoms with E-state index in [-0.39, 0.29) is 29.6 Å². The number of halogens is 3. The molecule has 1 aromatic rings. The van der Waals surface area contributed by atoms with Crippen molar-refractivity contribution in [2.75, 3.05) is 0 Å². The van der Waals surface area contributed by atoms with E-state index in [2.05, 4.69) is 0 Å². The van der Waals surface area contributed by atoms with Gasteiger partial charge in [0.05, 0.1) is 17.6 Å². The highest BCUT2D eigenvalue weighted by atomic mass is 35.5. The minimum absolute atomic E-state index is 0.0158. The molecule has 1 aliphatic heterocycles. The van der Waals surface area contributed by atoms with Gasteiger partial charge in [0, 0.05) is 11.5 Å². The number of hydrogen-bond acceptors (Lipinski definition) is 1. The monoisotopic (exact) mass is 274 g/mol. The zero-order valence-corrected chi connectivity index (χ0v) is 11.4. The summed E-state index contributed by atoms with van der Waals surface area (Å²) in [6.07, 6.45) is 0.0306. The molecule has 0 amide bonds. The lowest BCUT2D eigenvalue weighted by Gasteiger charge is -2.24. The molecular formula is C14H17ClF2O. The van der Waals surface area contributed by atoms with Crippen LogP contribution >= 0.6 is 11.6 Å². The first-order valence-electron chi connectivity index (χ1n) is 6.16. The number of rotatable bonds is 2. The Labute approximate surface area is 111 Å². The number of ether oxygens (including phenoxy) is 1. The summed E-state index contributed by atoms with van der Waals surface area (Å²) in [4.78, 5) is 0. The lowest BCUT2D eigenvalue weighted by Crippen LogP contribution is -2.22. The van der Waals surface area contributed by atoms with Crippen LogP contribution in [0.25, 0.3) is 0 Å².